The van der Waals surface area contributed by atoms with Gasteiger partial charge in [0, 0.05) is 30.5 Å². The molecule has 0 atom stereocenters. The number of nitrogens with zero attached hydrogens (tertiary/aromatic N) is 2. The fourth-order valence-corrected chi connectivity index (χ4v) is 5.04. The number of rotatable bonds is 4. The second kappa shape index (κ2) is 8.24. The standard InChI is InChI=1S/C27H27N3O2/c1-29-24-13-12-21(25(31)28-22-10-6-3-7-11-22)18-23(24)27(26(29)32)14-16-30(17-15-27)19-20-8-4-2-5-9-20/h2-13,18H,14-17,19H2,1H3,(H,28,31). The molecule has 5 rings (SSSR count). The van der Waals surface area contributed by atoms with E-state index in [4.69, 9.17) is 0 Å². The number of fused-ring (bicyclic) bond motifs is 2. The molecular formula is C27H27N3O2. The van der Waals surface area contributed by atoms with Crippen LogP contribution in [0.5, 0.6) is 0 Å². The summed E-state index contributed by atoms with van der Waals surface area (Å²) in [4.78, 5) is 30.4. The summed E-state index contributed by atoms with van der Waals surface area (Å²) >= 11 is 0. The number of carbonyl (C=O) groups is 2. The lowest BCUT2D eigenvalue weighted by Gasteiger charge is -2.38. The van der Waals surface area contributed by atoms with Crippen LogP contribution in [-0.4, -0.2) is 36.9 Å². The number of likely N-dealkylation sites (tertiary alicyclic amines) is 1. The number of anilines is 2. The molecule has 2 amide bonds. The molecule has 5 nitrogen and oxygen atoms in total. The van der Waals surface area contributed by atoms with Gasteiger partial charge in [-0.25, -0.2) is 0 Å². The highest BCUT2D eigenvalue weighted by molar-refractivity contribution is 6.10. The number of carbonyl (C=O) groups excluding carboxylic acids is 2. The van der Waals surface area contributed by atoms with Crippen molar-refractivity contribution in [3.8, 4) is 0 Å². The van der Waals surface area contributed by atoms with Crippen molar-refractivity contribution in [1.82, 2.24) is 4.90 Å². The number of nitrogens with one attached hydrogen (secondary N) is 1. The minimum Gasteiger partial charge on any atom is -0.322 e. The number of hydrogen-bond donors (Lipinski definition) is 1. The molecule has 2 heterocycles. The summed E-state index contributed by atoms with van der Waals surface area (Å²) in [5.41, 5.74) is 4.00. The van der Waals surface area contributed by atoms with Gasteiger partial charge in [-0.1, -0.05) is 48.5 Å². The van der Waals surface area contributed by atoms with Crippen LogP contribution < -0.4 is 10.2 Å². The highest BCUT2D eigenvalue weighted by atomic mass is 16.2. The number of piperidine rings is 1. The molecule has 5 heteroatoms. The zero-order chi connectivity index (χ0) is 22.1. The SMILES string of the molecule is CN1C(=O)C2(CCN(Cc3ccccc3)CC2)c2cc(C(=O)Nc3ccccc3)ccc21. The minimum atomic E-state index is -0.541. The average molecular weight is 426 g/mol. The monoisotopic (exact) mass is 425 g/mol. The minimum absolute atomic E-state index is 0.146. The smallest absolute Gasteiger partial charge is 0.255 e. The molecule has 0 saturated carbocycles. The first-order chi connectivity index (χ1) is 15.6. The third kappa shape index (κ3) is 3.59. The Morgan fingerprint density at radius 1 is 0.938 bits per heavy atom. The van der Waals surface area contributed by atoms with Crippen molar-refractivity contribution >= 4 is 23.2 Å². The largest absolute Gasteiger partial charge is 0.322 e. The Bertz CT molecular complexity index is 1140. The van der Waals surface area contributed by atoms with E-state index < -0.39 is 5.41 Å². The van der Waals surface area contributed by atoms with Gasteiger partial charge in [-0.05, 0) is 67.4 Å². The van der Waals surface area contributed by atoms with E-state index in [1.54, 1.807) is 4.90 Å². The molecule has 0 bridgehead atoms. The van der Waals surface area contributed by atoms with Gasteiger partial charge >= 0.3 is 0 Å². The van der Waals surface area contributed by atoms with Crippen molar-refractivity contribution in [1.29, 1.82) is 0 Å². The lowest BCUT2D eigenvalue weighted by molar-refractivity contribution is -0.124. The molecule has 0 aliphatic carbocycles. The zero-order valence-electron chi connectivity index (χ0n) is 18.3. The third-order valence-corrected chi connectivity index (χ3v) is 6.84. The van der Waals surface area contributed by atoms with Crippen LogP contribution in [0.1, 0.15) is 34.3 Å². The molecule has 162 valence electrons. The topological polar surface area (TPSA) is 52.7 Å². The Morgan fingerprint density at radius 3 is 2.28 bits per heavy atom. The van der Waals surface area contributed by atoms with E-state index in [0.29, 0.717) is 5.56 Å². The number of para-hydroxylation sites is 1. The van der Waals surface area contributed by atoms with Gasteiger partial charge in [-0.2, -0.15) is 0 Å². The maximum Gasteiger partial charge on any atom is 0.255 e. The number of benzene rings is 3. The normalized spacial score (nSPS) is 17.4. The van der Waals surface area contributed by atoms with Crippen LogP contribution in [0.3, 0.4) is 0 Å². The van der Waals surface area contributed by atoms with Gasteiger partial charge in [0.2, 0.25) is 5.91 Å². The maximum absolute atomic E-state index is 13.4. The van der Waals surface area contributed by atoms with E-state index in [-0.39, 0.29) is 11.8 Å². The van der Waals surface area contributed by atoms with E-state index in [9.17, 15) is 9.59 Å². The van der Waals surface area contributed by atoms with Crippen LogP contribution in [0.4, 0.5) is 11.4 Å². The van der Waals surface area contributed by atoms with Crippen LogP contribution in [0, 0.1) is 0 Å². The summed E-state index contributed by atoms with van der Waals surface area (Å²) in [5, 5.41) is 2.95. The molecule has 0 unspecified atom stereocenters. The van der Waals surface area contributed by atoms with Crippen molar-refractivity contribution < 1.29 is 9.59 Å². The van der Waals surface area contributed by atoms with Crippen LogP contribution in [-0.2, 0) is 16.8 Å². The lowest BCUT2D eigenvalue weighted by atomic mass is 9.73. The molecule has 0 radical (unpaired) electrons. The molecular weight excluding hydrogens is 398 g/mol. The third-order valence-electron chi connectivity index (χ3n) is 6.84. The number of amides is 2. The molecule has 1 N–H and O–H groups in total. The van der Waals surface area contributed by atoms with Gasteiger partial charge in [-0.15, -0.1) is 0 Å². The summed E-state index contributed by atoms with van der Waals surface area (Å²) < 4.78 is 0. The van der Waals surface area contributed by atoms with Crippen LogP contribution >= 0.6 is 0 Å². The molecule has 1 spiro atoms. The van der Waals surface area contributed by atoms with Crippen molar-refractivity contribution in [2.75, 3.05) is 30.4 Å². The van der Waals surface area contributed by atoms with Crippen molar-refractivity contribution in [2.45, 2.75) is 24.8 Å². The van der Waals surface area contributed by atoms with Gasteiger partial charge in [0.25, 0.3) is 5.91 Å². The Labute approximate surface area is 188 Å². The van der Waals surface area contributed by atoms with E-state index in [1.165, 1.54) is 5.56 Å². The molecule has 3 aromatic rings. The first kappa shape index (κ1) is 20.5. The van der Waals surface area contributed by atoms with Crippen molar-refractivity contribution in [3.63, 3.8) is 0 Å². The summed E-state index contributed by atoms with van der Waals surface area (Å²) in [6, 6.07) is 25.5. The Balaban J connectivity index is 1.38. The average Bonchev–Trinajstić information content (AvgIpc) is 3.03. The van der Waals surface area contributed by atoms with Gasteiger partial charge in [0.15, 0.2) is 0 Å². The molecule has 2 aliphatic rings. The van der Waals surface area contributed by atoms with E-state index in [2.05, 4.69) is 34.5 Å². The predicted octanol–water partition coefficient (Wildman–Crippen LogP) is 4.45. The number of likely N-dealkylation sites (N-methyl/N-ethyl adjacent to an activating group) is 1. The highest BCUT2D eigenvalue weighted by Gasteiger charge is 2.51. The first-order valence-electron chi connectivity index (χ1n) is 11.1. The molecule has 0 aromatic heterocycles. The van der Waals surface area contributed by atoms with Crippen LogP contribution in [0.15, 0.2) is 78.9 Å². The van der Waals surface area contributed by atoms with Gasteiger partial charge in [0.1, 0.15) is 0 Å². The summed E-state index contributed by atoms with van der Waals surface area (Å²) in [5.74, 6) is -0.00913. The van der Waals surface area contributed by atoms with E-state index >= 15 is 0 Å². The van der Waals surface area contributed by atoms with Gasteiger partial charge < -0.3 is 10.2 Å². The first-order valence-corrected chi connectivity index (χ1v) is 11.1. The Kier molecular flexibility index (Phi) is 5.27. The van der Waals surface area contributed by atoms with Crippen LogP contribution in [0.25, 0.3) is 0 Å². The van der Waals surface area contributed by atoms with E-state index in [1.807, 2.05) is 61.6 Å². The van der Waals surface area contributed by atoms with E-state index in [0.717, 1.165) is 49.4 Å². The molecule has 3 aromatic carbocycles. The molecule has 2 aliphatic heterocycles. The van der Waals surface area contributed by atoms with Gasteiger partial charge in [-0.3, -0.25) is 14.5 Å². The summed E-state index contributed by atoms with van der Waals surface area (Å²) in [7, 11) is 1.84. The van der Waals surface area contributed by atoms with Crippen molar-refractivity contribution in [2.24, 2.45) is 0 Å². The predicted molar refractivity (Wildman–Crippen MR) is 127 cm³/mol. The quantitative estimate of drug-likeness (QED) is 0.672. The molecule has 1 saturated heterocycles. The van der Waals surface area contributed by atoms with Crippen LogP contribution in [0.2, 0.25) is 0 Å². The highest BCUT2D eigenvalue weighted by Crippen LogP contribution is 2.48. The lowest BCUT2D eigenvalue weighted by Crippen LogP contribution is -2.47. The summed E-state index contributed by atoms with van der Waals surface area (Å²) in [6.45, 7) is 2.61. The van der Waals surface area contributed by atoms with Gasteiger partial charge in [0.05, 0.1) is 5.41 Å². The zero-order valence-corrected chi connectivity index (χ0v) is 18.3. The summed E-state index contributed by atoms with van der Waals surface area (Å²) in [6.07, 6.45) is 1.53. The molecule has 1 fully saturated rings. The second-order valence-corrected chi connectivity index (χ2v) is 8.76. The second-order valence-electron chi connectivity index (χ2n) is 8.76. The molecule has 32 heavy (non-hydrogen) atoms. The maximum atomic E-state index is 13.4. The Hall–Kier alpha value is -3.44. The fraction of sp³-hybridized carbons (Fsp3) is 0.259. The number of hydrogen-bond acceptors (Lipinski definition) is 3. The van der Waals surface area contributed by atoms with Crippen molar-refractivity contribution in [3.05, 3.63) is 95.6 Å². The fourth-order valence-electron chi connectivity index (χ4n) is 5.04. The Morgan fingerprint density at radius 2 is 1.59 bits per heavy atom.